The molecule has 1 aliphatic heterocycles. The van der Waals surface area contributed by atoms with Crippen LogP contribution in [0.4, 0.5) is 11.4 Å². The Balaban J connectivity index is 2.02. The second-order valence-corrected chi connectivity index (χ2v) is 8.00. The topological polar surface area (TPSA) is 102 Å². The Labute approximate surface area is 169 Å². The standard InChI is InChI=1S/C20H22N2O6S/c1-3-28-16-8-5-4-7-15(16)21-29(25,26)18-13-14(11-12-17(18)27-2)22-19(23)9-6-10-20(22)24/h4-5,7-8,11-13,21H,3,6,9-10H2,1-2H3. The monoisotopic (exact) mass is 418 g/mol. The molecule has 1 fully saturated rings. The fourth-order valence-electron chi connectivity index (χ4n) is 3.09. The quantitative estimate of drug-likeness (QED) is 0.694. The van der Waals surface area contributed by atoms with Crippen molar-refractivity contribution in [3.63, 3.8) is 0 Å². The van der Waals surface area contributed by atoms with Gasteiger partial charge >= 0.3 is 0 Å². The molecule has 8 nitrogen and oxygen atoms in total. The second-order valence-electron chi connectivity index (χ2n) is 6.35. The van der Waals surface area contributed by atoms with E-state index in [-0.39, 0.29) is 46.7 Å². The number of rotatable bonds is 7. The first-order valence-corrected chi connectivity index (χ1v) is 10.6. The van der Waals surface area contributed by atoms with Crippen LogP contribution < -0.4 is 19.1 Å². The number of hydrogen-bond donors (Lipinski definition) is 1. The van der Waals surface area contributed by atoms with Gasteiger partial charge in [0.2, 0.25) is 11.8 Å². The summed E-state index contributed by atoms with van der Waals surface area (Å²) < 4.78 is 39.4. The molecular formula is C20H22N2O6S. The van der Waals surface area contributed by atoms with Gasteiger partial charge in [-0.05, 0) is 43.7 Å². The number of carbonyl (C=O) groups excluding carboxylic acids is 2. The summed E-state index contributed by atoms with van der Waals surface area (Å²) in [6.45, 7) is 2.17. The number of anilines is 2. The molecule has 9 heteroatoms. The zero-order valence-electron chi connectivity index (χ0n) is 16.2. The van der Waals surface area contributed by atoms with E-state index in [0.717, 1.165) is 4.90 Å². The van der Waals surface area contributed by atoms with E-state index in [1.165, 1.54) is 25.3 Å². The van der Waals surface area contributed by atoms with Crippen LogP contribution in [0.15, 0.2) is 47.4 Å². The minimum atomic E-state index is -4.10. The third kappa shape index (κ3) is 4.34. The van der Waals surface area contributed by atoms with Crippen molar-refractivity contribution < 1.29 is 27.5 Å². The minimum Gasteiger partial charge on any atom is -0.495 e. The number of carbonyl (C=O) groups is 2. The van der Waals surface area contributed by atoms with E-state index < -0.39 is 10.0 Å². The summed E-state index contributed by atoms with van der Waals surface area (Å²) in [6.07, 6.45) is 0.963. The number of nitrogens with zero attached hydrogens (tertiary/aromatic N) is 1. The maximum absolute atomic E-state index is 13.1. The summed E-state index contributed by atoms with van der Waals surface area (Å²) in [6, 6.07) is 10.8. The number of hydrogen-bond acceptors (Lipinski definition) is 6. The van der Waals surface area contributed by atoms with Gasteiger partial charge in [0.1, 0.15) is 16.4 Å². The van der Waals surface area contributed by atoms with Crippen molar-refractivity contribution >= 4 is 33.2 Å². The van der Waals surface area contributed by atoms with E-state index in [1.54, 1.807) is 31.2 Å². The number of piperidine rings is 1. The molecule has 154 valence electrons. The molecule has 0 spiro atoms. The lowest BCUT2D eigenvalue weighted by atomic mass is 10.1. The Morgan fingerprint density at radius 3 is 2.38 bits per heavy atom. The Kier molecular flexibility index (Phi) is 6.07. The Hall–Kier alpha value is -3.07. The van der Waals surface area contributed by atoms with Crippen molar-refractivity contribution in [2.75, 3.05) is 23.3 Å². The van der Waals surface area contributed by atoms with Crippen molar-refractivity contribution in [2.45, 2.75) is 31.1 Å². The Morgan fingerprint density at radius 1 is 1.03 bits per heavy atom. The van der Waals surface area contributed by atoms with Crippen molar-refractivity contribution in [2.24, 2.45) is 0 Å². The number of nitrogens with one attached hydrogen (secondary N) is 1. The molecule has 0 aromatic heterocycles. The lowest BCUT2D eigenvalue weighted by Gasteiger charge is -2.25. The zero-order valence-corrected chi connectivity index (χ0v) is 17.0. The van der Waals surface area contributed by atoms with E-state index in [1.807, 2.05) is 0 Å². The van der Waals surface area contributed by atoms with Gasteiger partial charge in [-0.2, -0.15) is 0 Å². The van der Waals surface area contributed by atoms with Crippen molar-refractivity contribution in [3.8, 4) is 11.5 Å². The van der Waals surface area contributed by atoms with Crippen LogP contribution in [0.1, 0.15) is 26.2 Å². The highest BCUT2D eigenvalue weighted by Gasteiger charge is 2.30. The molecule has 1 aliphatic rings. The van der Waals surface area contributed by atoms with Gasteiger partial charge in [0.25, 0.3) is 10.0 Å². The fourth-order valence-corrected chi connectivity index (χ4v) is 4.35. The smallest absolute Gasteiger partial charge is 0.265 e. The summed E-state index contributed by atoms with van der Waals surface area (Å²) in [5.41, 5.74) is 0.464. The fraction of sp³-hybridized carbons (Fsp3) is 0.300. The summed E-state index contributed by atoms with van der Waals surface area (Å²) in [7, 11) is -2.75. The minimum absolute atomic E-state index is 0.0899. The Bertz CT molecular complexity index is 1020. The molecular weight excluding hydrogens is 396 g/mol. The predicted molar refractivity (Wildman–Crippen MR) is 108 cm³/mol. The van der Waals surface area contributed by atoms with Crippen LogP contribution in [0.3, 0.4) is 0 Å². The van der Waals surface area contributed by atoms with Crippen LogP contribution in [-0.2, 0) is 19.6 Å². The van der Waals surface area contributed by atoms with Crippen LogP contribution in [0.5, 0.6) is 11.5 Å². The first-order chi connectivity index (χ1) is 13.9. The predicted octanol–water partition coefficient (Wildman–Crippen LogP) is 2.94. The van der Waals surface area contributed by atoms with E-state index in [9.17, 15) is 18.0 Å². The highest BCUT2D eigenvalue weighted by atomic mass is 32.2. The molecule has 0 unspecified atom stereocenters. The van der Waals surface area contributed by atoms with Gasteiger partial charge in [-0.3, -0.25) is 19.2 Å². The van der Waals surface area contributed by atoms with Crippen LogP contribution in [0, 0.1) is 0 Å². The third-order valence-corrected chi connectivity index (χ3v) is 5.79. The van der Waals surface area contributed by atoms with Crippen molar-refractivity contribution in [1.29, 1.82) is 0 Å². The SMILES string of the molecule is CCOc1ccccc1NS(=O)(=O)c1cc(N2C(=O)CCCC2=O)ccc1OC. The third-order valence-electron chi connectivity index (χ3n) is 4.41. The molecule has 0 atom stereocenters. The number of para-hydroxylation sites is 2. The first kappa shape index (κ1) is 20.7. The van der Waals surface area contributed by atoms with Gasteiger partial charge < -0.3 is 9.47 Å². The van der Waals surface area contributed by atoms with Crippen LogP contribution in [-0.4, -0.2) is 33.9 Å². The summed E-state index contributed by atoms with van der Waals surface area (Å²) in [4.78, 5) is 25.3. The molecule has 0 saturated carbocycles. The van der Waals surface area contributed by atoms with Gasteiger partial charge in [0.05, 0.1) is 25.1 Å². The highest BCUT2D eigenvalue weighted by Crippen LogP contribution is 2.33. The molecule has 0 aliphatic carbocycles. The van der Waals surface area contributed by atoms with Gasteiger partial charge in [-0.15, -0.1) is 0 Å². The molecule has 1 N–H and O–H groups in total. The van der Waals surface area contributed by atoms with Gasteiger partial charge in [-0.25, -0.2) is 8.42 Å². The second kappa shape index (κ2) is 8.52. The number of sulfonamides is 1. The average Bonchev–Trinajstić information content (AvgIpc) is 2.69. The van der Waals surface area contributed by atoms with Gasteiger partial charge in [-0.1, -0.05) is 12.1 Å². The molecule has 0 radical (unpaired) electrons. The molecule has 2 aromatic rings. The number of ether oxygens (including phenoxy) is 2. The average molecular weight is 418 g/mol. The van der Waals surface area contributed by atoms with Gasteiger partial charge in [0.15, 0.2) is 0 Å². The van der Waals surface area contributed by atoms with E-state index >= 15 is 0 Å². The number of methoxy groups -OCH3 is 1. The lowest BCUT2D eigenvalue weighted by Crippen LogP contribution is -2.40. The molecule has 0 bridgehead atoms. The number of imide groups is 1. The van der Waals surface area contributed by atoms with E-state index in [2.05, 4.69) is 4.72 Å². The van der Waals surface area contributed by atoms with Gasteiger partial charge in [0, 0.05) is 12.8 Å². The van der Waals surface area contributed by atoms with E-state index in [4.69, 9.17) is 9.47 Å². The van der Waals surface area contributed by atoms with Crippen LogP contribution >= 0.6 is 0 Å². The zero-order chi connectivity index (χ0) is 21.0. The molecule has 1 saturated heterocycles. The number of amides is 2. The summed E-state index contributed by atoms with van der Waals surface area (Å²) in [5, 5.41) is 0. The number of benzene rings is 2. The molecule has 2 amide bonds. The van der Waals surface area contributed by atoms with Crippen molar-refractivity contribution in [1.82, 2.24) is 0 Å². The maximum atomic E-state index is 13.1. The first-order valence-electron chi connectivity index (χ1n) is 9.16. The molecule has 1 heterocycles. The highest BCUT2D eigenvalue weighted by molar-refractivity contribution is 7.92. The molecule has 3 rings (SSSR count). The lowest BCUT2D eigenvalue weighted by molar-refractivity contribution is -0.129. The van der Waals surface area contributed by atoms with Crippen LogP contribution in [0.25, 0.3) is 0 Å². The maximum Gasteiger partial charge on any atom is 0.265 e. The largest absolute Gasteiger partial charge is 0.495 e. The molecule has 29 heavy (non-hydrogen) atoms. The summed E-state index contributed by atoms with van der Waals surface area (Å²) >= 11 is 0. The van der Waals surface area contributed by atoms with Crippen molar-refractivity contribution in [3.05, 3.63) is 42.5 Å². The normalized spacial score (nSPS) is 14.6. The van der Waals surface area contributed by atoms with Crippen LogP contribution in [0.2, 0.25) is 0 Å². The Morgan fingerprint density at radius 2 is 1.72 bits per heavy atom. The molecule has 2 aromatic carbocycles. The summed E-state index contributed by atoms with van der Waals surface area (Å²) in [5.74, 6) is -0.240. The van der Waals surface area contributed by atoms with E-state index in [0.29, 0.717) is 18.8 Å².